The third-order valence-corrected chi connectivity index (χ3v) is 3.44. The maximum absolute atomic E-state index is 11.3. The van der Waals surface area contributed by atoms with E-state index < -0.39 is 0 Å². The van der Waals surface area contributed by atoms with Crippen molar-refractivity contribution in [3.63, 3.8) is 0 Å². The third kappa shape index (κ3) is 3.72. The van der Waals surface area contributed by atoms with Gasteiger partial charge in [0.05, 0.1) is 5.02 Å². The summed E-state index contributed by atoms with van der Waals surface area (Å²) in [5.74, 6) is 0.639. The highest BCUT2D eigenvalue weighted by molar-refractivity contribution is 6.34. The lowest BCUT2D eigenvalue weighted by Crippen LogP contribution is -2.43. The van der Waals surface area contributed by atoms with Crippen LogP contribution in [0.4, 0.5) is 0 Å². The molecule has 0 atom stereocenters. The Hall–Kier alpha value is -1.06. The molecule has 18 heavy (non-hydrogen) atoms. The smallest absolute Gasteiger partial charge is 0.161 e. The molecule has 4 heteroatoms. The Bertz CT molecular complexity index is 441. The van der Waals surface area contributed by atoms with Gasteiger partial charge in [-0.05, 0) is 53.1 Å². The van der Waals surface area contributed by atoms with E-state index in [4.69, 9.17) is 16.3 Å². The van der Waals surface area contributed by atoms with Crippen molar-refractivity contribution in [2.45, 2.75) is 26.3 Å². The largest absolute Gasteiger partial charge is 0.492 e. The second-order valence-electron chi connectivity index (χ2n) is 5.19. The first-order chi connectivity index (χ1) is 8.24. The number of carbonyl (C=O) groups is 1. The van der Waals surface area contributed by atoms with E-state index in [1.807, 2.05) is 14.1 Å². The predicted octanol–water partition coefficient (Wildman–Crippen LogP) is 3.26. The highest BCUT2D eigenvalue weighted by Gasteiger charge is 2.21. The molecule has 0 saturated heterocycles. The summed E-state index contributed by atoms with van der Waals surface area (Å²) < 4.78 is 5.71. The van der Waals surface area contributed by atoms with Gasteiger partial charge >= 0.3 is 0 Å². The van der Waals surface area contributed by atoms with E-state index in [0.717, 1.165) is 0 Å². The second kappa shape index (κ2) is 5.72. The zero-order valence-electron chi connectivity index (χ0n) is 11.6. The van der Waals surface area contributed by atoms with E-state index in [-0.39, 0.29) is 11.3 Å². The van der Waals surface area contributed by atoms with Crippen molar-refractivity contribution in [3.8, 4) is 5.75 Å². The van der Waals surface area contributed by atoms with Crippen LogP contribution in [0.1, 0.15) is 31.1 Å². The number of Topliss-reactive ketones (excluding diaryl/α,β-unsaturated/α-hetero) is 1. The zero-order valence-corrected chi connectivity index (χ0v) is 12.3. The van der Waals surface area contributed by atoms with Crippen LogP contribution >= 0.6 is 11.6 Å². The van der Waals surface area contributed by atoms with E-state index in [9.17, 15) is 4.79 Å². The minimum Gasteiger partial charge on any atom is -0.492 e. The topological polar surface area (TPSA) is 29.5 Å². The molecule has 0 amide bonds. The van der Waals surface area contributed by atoms with Gasteiger partial charge in [-0.25, -0.2) is 0 Å². The number of rotatable bonds is 5. The maximum Gasteiger partial charge on any atom is 0.161 e. The van der Waals surface area contributed by atoms with Crippen molar-refractivity contribution >= 4 is 17.4 Å². The standard InChI is InChI=1S/C14H20ClNO2/c1-10(17)12-7-6-11(8-13(12)15)18-9-14(2,3)16(4)5/h6-8H,9H2,1-5H3. The van der Waals surface area contributed by atoms with Gasteiger partial charge in [-0.1, -0.05) is 11.6 Å². The third-order valence-electron chi connectivity index (χ3n) is 3.12. The Morgan fingerprint density at radius 3 is 2.44 bits per heavy atom. The van der Waals surface area contributed by atoms with Gasteiger partial charge in [-0.3, -0.25) is 4.79 Å². The summed E-state index contributed by atoms with van der Waals surface area (Å²) in [6.07, 6.45) is 0. The lowest BCUT2D eigenvalue weighted by atomic mass is 10.1. The van der Waals surface area contributed by atoms with Crippen molar-refractivity contribution in [2.75, 3.05) is 20.7 Å². The molecule has 0 aliphatic heterocycles. The quantitative estimate of drug-likeness (QED) is 0.769. The molecular formula is C14H20ClNO2. The van der Waals surface area contributed by atoms with E-state index in [1.165, 1.54) is 6.92 Å². The molecule has 0 aliphatic rings. The molecule has 0 unspecified atom stereocenters. The number of likely N-dealkylation sites (N-methyl/N-ethyl adjacent to an activating group) is 1. The first-order valence-corrected chi connectivity index (χ1v) is 6.22. The van der Waals surface area contributed by atoms with E-state index in [1.54, 1.807) is 18.2 Å². The maximum atomic E-state index is 11.3. The molecular weight excluding hydrogens is 250 g/mol. The number of nitrogens with zero attached hydrogens (tertiary/aromatic N) is 1. The highest BCUT2D eigenvalue weighted by Crippen LogP contribution is 2.24. The summed E-state index contributed by atoms with van der Waals surface area (Å²) in [6.45, 7) is 6.24. The van der Waals surface area contributed by atoms with Gasteiger partial charge in [0, 0.05) is 11.1 Å². The summed E-state index contributed by atoms with van der Waals surface area (Å²) in [5.41, 5.74) is 0.460. The van der Waals surface area contributed by atoms with Gasteiger partial charge in [0.15, 0.2) is 5.78 Å². The van der Waals surface area contributed by atoms with E-state index >= 15 is 0 Å². The molecule has 0 heterocycles. The fourth-order valence-electron chi connectivity index (χ4n) is 1.26. The Morgan fingerprint density at radius 2 is 2.00 bits per heavy atom. The fraction of sp³-hybridized carbons (Fsp3) is 0.500. The van der Waals surface area contributed by atoms with Gasteiger partial charge in [0.1, 0.15) is 12.4 Å². The van der Waals surface area contributed by atoms with Gasteiger partial charge in [-0.2, -0.15) is 0 Å². The molecule has 0 aliphatic carbocycles. The molecule has 1 aromatic carbocycles. The van der Waals surface area contributed by atoms with Crippen LogP contribution in [0.25, 0.3) is 0 Å². The summed E-state index contributed by atoms with van der Waals surface area (Å²) in [5, 5.41) is 0.433. The molecule has 3 nitrogen and oxygen atoms in total. The van der Waals surface area contributed by atoms with Gasteiger partial charge in [0.25, 0.3) is 0 Å². The van der Waals surface area contributed by atoms with Crippen molar-refractivity contribution in [3.05, 3.63) is 28.8 Å². The number of hydrogen-bond donors (Lipinski definition) is 0. The monoisotopic (exact) mass is 269 g/mol. The molecule has 0 radical (unpaired) electrons. The summed E-state index contributed by atoms with van der Waals surface area (Å²) in [6, 6.07) is 5.15. The van der Waals surface area contributed by atoms with Crippen LogP contribution in [0.15, 0.2) is 18.2 Å². The SMILES string of the molecule is CC(=O)c1ccc(OCC(C)(C)N(C)C)cc1Cl. The number of ether oxygens (including phenoxy) is 1. The summed E-state index contributed by atoms with van der Waals surface area (Å²) in [7, 11) is 4.02. The first-order valence-electron chi connectivity index (χ1n) is 5.85. The number of halogens is 1. The average molecular weight is 270 g/mol. The van der Waals surface area contributed by atoms with E-state index in [2.05, 4.69) is 18.7 Å². The molecule has 1 aromatic rings. The van der Waals surface area contributed by atoms with Crippen molar-refractivity contribution in [1.29, 1.82) is 0 Å². The molecule has 100 valence electrons. The van der Waals surface area contributed by atoms with Crippen LogP contribution in [0.2, 0.25) is 5.02 Å². The fourth-order valence-corrected chi connectivity index (χ4v) is 1.56. The molecule has 0 spiro atoms. The Balaban J connectivity index is 2.76. The number of hydrogen-bond acceptors (Lipinski definition) is 3. The van der Waals surface area contributed by atoms with Crippen LogP contribution in [0.5, 0.6) is 5.75 Å². The summed E-state index contributed by atoms with van der Waals surface area (Å²) in [4.78, 5) is 13.3. The number of carbonyl (C=O) groups excluding carboxylic acids is 1. The number of ketones is 1. The van der Waals surface area contributed by atoms with Crippen LogP contribution in [0, 0.1) is 0 Å². The normalized spacial score (nSPS) is 11.7. The minimum absolute atomic E-state index is 0.0415. The van der Waals surface area contributed by atoms with Crippen LogP contribution < -0.4 is 4.74 Å². The van der Waals surface area contributed by atoms with Crippen LogP contribution in [0.3, 0.4) is 0 Å². The highest BCUT2D eigenvalue weighted by atomic mass is 35.5. The lowest BCUT2D eigenvalue weighted by Gasteiger charge is -2.32. The number of benzene rings is 1. The minimum atomic E-state index is -0.0638. The van der Waals surface area contributed by atoms with Gasteiger partial charge < -0.3 is 9.64 Å². The van der Waals surface area contributed by atoms with Gasteiger partial charge in [-0.15, -0.1) is 0 Å². The van der Waals surface area contributed by atoms with Crippen LogP contribution in [-0.4, -0.2) is 36.9 Å². The van der Waals surface area contributed by atoms with Crippen molar-refractivity contribution < 1.29 is 9.53 Å². The van der Waals surface area contributed by atoms with Crippen molar-refractivity contribution in [1.82, 2.24) is 4.90 Å². The average Bonchev–Trinajstić information content (AvgIpc) is 2.25. The Morgan fingerprint density at radius 1 is 1.39 bits per heavy atom. The summed E-state index contributed by atoms with van der Waals surface area (Å²) >= 11 is 6.03. The molecule has 1 rings (SSSR count). The molecule has 0 bridgehead atoms. The molecule has 0 fully saturated rings. The second-order valence-corrected chi connectivity index (χ2v) is 5.60. The lowest BCUT2D eigenvalue weighted by molar-refractivity contribution is 0.101. The predicted molar refractivity (Wildman–Crippen MR) is 74.7 cm³/mol. The molecule has 0 aromatic heterocycles. The van der Waals surface area contributed by atoms with Gasteiger partial charge in [0.2, 0.25) is 0 Å². The Labute approximate surface area is 114 Å². The van der Waals surface area contributed by atoms with Crippen LogP contribution in [-0.2, 0) is 0 Å². The van der Waals surface area contributed by atoms with E-state index in [0.29, 0.717) is 22.9 Å². The Kier molecular flexibility index (Phi) is 4.77. The molecule has 0 N–H and O–H groups in total. The molecule has 0 saturated carbocycles. The first kappa shape index (κ1) is 15.0. The van der Waals surface area contributed by atoms with Crippen molar-refractivity contribution in [2.24, 2.45) is 0 Å². The zero-order chi connectivity index (χ0) is 13.9.